The second-order valence-electron chi connectivity index (χ2n) is 8.59. The van der Waals surface area contributed by atoms with Crippen molar-refractivity contribution in [3.63, 3.8) is 0 Å². The predicted octanol–water partition coefficient (Wildman–Crippen LogP) is 4.70. The molecule has 2 amide bonds. The monoisotopic (exact) mass is 412 g/mol. The molecule has 1 aromatic carbocycles. The van der Waals surface area contributed by atoms with Crippen molar-refractivity contribution >= 4 is 23.5 Å². The van der Waals surface area contributed by atoms with Gasteiger partial charge < -0.3 is 15.4 Å². The van der Waals surface area contributed by atoms with Crippen molar-refractivity contribution in [3.8, 4) is 0 Å². The van der Waals surface area contributed by atoms with Crippen LogP contribution in [0, 0.1) is 5.92 Å². The Labute approximate surface area is 178 Å². The lowest BCUT2D eigenvalue weighted by Crippen LogP contribution is -2.28. The fraction of sp³-hybridized carbons (Fsp3) is 0.435. The van der Waals surface area contributed by atoms with E-state index in [1.807, 2.05) is 71.0 Å². The van der Waals surface area contributed by atoms with Gasteiger partial charge >= 0.3 is 6.09 Å². The van der Waals surface area contributed by atoms with E-state index in [1.165, 1.54) is 0 Å². The van der Waals surface area contributed by atoms with E-state index in [4.69, 9.17) is 4.74 Å². The molecule has 3 N–H and O–H groups in total. The van der Waals surface area contributed by atoms with Crippen LogP contribution < -0.4 is 16.0 Å². The number of hydrogen-bond donors (Lipinski definition) is 3. The second kappa shape index (κ2) is 10.7. The average molecular weight is 413 g/mol. The van der Waals surface area contributed by atoms with Crippen LogP contribution in [-0.4, -0.2) is 22.6 Å². The molecule has 1 aromatic heterocycles. The van der Waals surface area contributed by atoms with Gasteiger partial charge in [-0.25, -0.2) is 9.78 Å². The maximum Gasteiger partial charge on any atom is 0.413 e. The Bertz CT molecular complexity index is 860. The van der Waals surface area contributed by atoms with Crippen LogP contribution in [0.3, 0.4) is 0 Å². The van der Waals surface area contributed by atoms with Crippen LogP contribution in [0.4, 0.5) is 16.3 Å². The molecule has 2 aromatic rings. The van der Waals surface area contributed by atoms with Crippen LogP contribution in [0.2, 0.25) is 0 Å². The van der Waals surface area contributed by atoms with Gasteiger partial charge in [0.1, 0.15) is 11.4 Å². The number of anilines is 2. The van der Waals surface area contributed by atoms with Gasteiger partial charge in [-0.05, 0) is 50.5 Å². The summed E-state index contributed by atoms with van der Waals surface area (Å²) in [5, 5.41) is 8.98. The highest BCUT2D eigenvalue weighted by atomic mass is 16.6. The molecular weight excluding hydrogens is 380 g/mol. The van der Waals surface area contributed by atoms with Crippen LogP contribution in [0.15, 0.2) is 42.6 Å². The number of nitrogens with one attached hydrogen (secondary N) is 3. The maximum atomic E-state index is 12.0. The van der Waals surface area contributed by atoms with Gasteiger partial charge in [-0.2, -0.15) is 0 Å². The molecule has 0 bridgehead atoms. The molecule has 0 aliphatic rings. The Morgan fingerprint density at radius 1 is 1.07 bits per heavy atom. The number of hydrogen-bond acceptors (Lipinski definition) is 5. The highest BCUT2D eigenvalue weighted by molar-refractivity contribution is 5.90. The molecule has 0 aliphatic carbocycles. The first-order chi connectivity index (χ1) is 14.1. The molecule has 0 radical (unpaired) electrons. The number of pyridine rings is 1. The number of aromatic nitrogens is 1. The van der Waals surface area contributed by atoms with Crippen molar-refractivity contribution < 1.29 is 14.3 Å². The van der Waals surface area contributed by atoms with E-state index < -0.39 is 11.7 Å². The topological polar surface area (TPSA) is 92.4 Å². The molecule has 0 saturated carbocycles. The van der Waals surface area contributed by atoms with Crippen LogP contribution >= 0.6 is 0 Å². The van der Waals surface area contributed by atoms with Crippen molar-refractivity contribution in [1.82, 2.24) is 10.3 Å². The summed E-state index contributed by atoms with van der Waals surface area (Å²) in [5.41, 5.74) is 2.11. The van der Waals surface area contributed by atoms with Gasteiger partial charge in [-0.15, -0.1) is 0 Å². The molecular formula is C23H32N4O3. The molecule has 0 saturated heterocycles. The predicted molar refractivity (Wildman–Crippen MR) is 119 cm³/mol. The molecule has 0 atom stereocenters. The fourth-order valence-electron chi connectivity index (χ4n) is 2.78. The van der Waals surface area contributed by atoms with Crippen LogP contribution in [0.5, 0.6) is 0 Å². The summed E-state index contributed by atoms with van der Waals surface area (Å²) >= 11 is 0. The molecule has 162 valence electrons. The fourth-order valence-corrected chi connectivity index (χ4v) is 2.78. The van der Waals surface area contributed by atoms with E-state index in [9.17, 15) is 9.59 Å². The minimum atomic E-state index is -0.577. The third-order valence-corrected chi connectivity index (χ3v) is 3.96. The molecule has 1 heterocycles. The standard InChI is InChI=1S/C23H32N4O3/c1-16(2)12-20(28)26-19-10-6-8-17(13-19)14-24-15-18-9-7-11-25-21(18)27-22(29)30-23(3,4)5/h6-11,13,16,24H,12,14-15H2,1-5H3,(H,26,28)(H,25,27,29). The Morgan fingerprint density at radius 3 is 2.53 bits per heavy atom. The smallest absolute Gasteiger partial charge is 0.413 e. The summed E-state index contributed by atoms with van der Waals surface area (Å²) < 4.78 is 5.29. The van der Waals surface area contributed by atoms with E-state index >= 15 is 0 Å². The Balaban J connectivity index is 1.92. The highest BCUT2D eigenvalue weighted by Crippen LogP contribution is 2.15. The van der Waals surface area contributed by atoms with Gasteiger partial charge in [0.15, 0.2) is 0 Å². The number of rotatable bonds is 8. The zero-order valence-electron chi connectivity index (χ0n) is 18.4. The lowest BCUT2D eigenvalue weighted by Gasteiger charge is -2.20. The van der Waals surface area contributed by atoms with E-state index in [2.05, 4.69) is 20.9 Å². The first-order valence-electron chi connectivity index (χ1n) is 10.2. The lowest BCUT2D eigenvalue weighted by molar-refractivity contribution is -0.116. The molecule has 30 heavy (non-hydrogen) atoms. The number of nitrogens with zero attached hydrogens (tertiary/aromatic N) is 1. The summed E-state index contributed by atoms with van der Waals surface area (Å²) in [6, 6.07) is 11.5. The molecule has 0 spiro atoms. The third-order valence-electron chi connectivity index (χ3n) is 3.96. The van der Waals surface area contributed by atoms with E-state index in [1.54, 1.807) is 6.20 Å². The van der Waals surface area contributed by atoms with Gasteiger partial charge in [0.05, 0.1) is 0 Å². The van der Waals surface area contributed by atoms with E-state index in [-0.39, 0.29) is 5.91 Å². The summed E-state index contributed by atoms with van der Waals surface area (Å²) in [4.78, 5) is 28.3. The minimum absolute atomic E-state index is 0.0170. The van der Waals surface area contributed by atoms with Crippen molar-refractivity contribution in [2.75, 3.05) is 10.6 Å². The molecule has 0 aliphatic heterocycles. The zero-order chi connectivity index (χ0) is 22.1. The van der Waals surface area contributed by atoms with Crippen LogP contribution in [0.25, 0.3) is 0 Å². The summed E-state index contributed by atoms with van der Waals surface area (Å²) in [7, 11) is 0. The summed E-state index contributed by atoms with van der Waals surface area (Å²) in [6.07, 6.45) is 1.59. The first-order valence-corrected chi connectivity index (χ1v) is 10.2. The second-order valence-corrected chi connectivity index (χ2v) is 8.59. The van der Waals surface area contributed by atoms with Crippen LogP contribution in [0.1, 0.15) is 52.2 Å². The SMILES string of the molecule is CC(C)CC(=O)Nc1cccc(CNCc2cccnc2NC(=O)OC(C)(C)C)c1. The molecule has 2 rings (SSSR count). The lowest BCUT2D eigenvalue weighted by atomic mass is 10.1. The van der Waals surface area contributed by atoms with Gasteiger partial charge in [-0.1, -0.05) is 32.0 Å². The number of amides is 2. The maximum absolute atomic E-state index is 12.0. The van der Waals surface area contributed by atoms with Crippen molar-refractivity contribution in [3.05, 3.63) is 53.7 Å². The summed E-state index contributed by atoms with van der Waals surface area (Å²) in [5.74, 6) is 0.801. The van der Waals surface area contributed by atoms with E-state index in [0.29, 0.717) is 31.2 Å². The molecule has 0 fully saturated rings. The molecule has 7 nitrogen and oxygen atoms in total. The Hall–Kier alpha value is -2.93. The van der Waals surface area contributed by atoms with Crippen LogP contribution in [-0.2, 0) is 22.6 Å². The van der Waals surface area contributed by atoms with Crippen molar-refractivity contribution in [2.45, 2.75) is 59.7 Å². The number of benzene rings is 1. The molecule has 7 heteroatoms. The summed E-state index contributed by atoms with van der Waals surface area (Å²) in [6.45, 7) is 10.6. The minimum Gasteiger partial charge on any atom is -0.444 e. The van der Waals surface area contributed by atoms with E-state index in [0.717, 1.165) is 16.8 Å². The number of carbonyl (C=O) groups is 2. The van der Waals surface area contributed by atoms with Gasteiger partial charge in [0.25, 0.3) is 0 Å². The number of carbonyl (C=O) groups excluding carboxylic acids is 2. The van der Waals surface area contributed by atoms with Gasteiger partial charge in [0, 0.05) is 37.0 Å². The molecule has 0 unspecified atom stereocenters. The number of ether oxygens (including phenoxy) is 1. The normalized spacial score (nSPS) is 11.3. The largest absolute Gasteiger partial charge is 0.444 e. The van der Waals surface area contributed by atoms with Crippen molar-refractivity contribution in [2.24, 2.45) is 5.92 Å². The Morgan fingerprint density at radius 2 is 1.83 bits per heavy atom. The Kier molecular flexibility index (Phi) is 8.35. The van der Waals surface area contributed by atoms with Gasteiger partial charge in [0.2, 0.25) is 5.91 Å². The van der Waals surface area contributed by atoms with Gasteiger partial charge in [-0.3, -0.25) is 10.1 Å². The first kappa shape index (κ1) is 23.3. The van der Waals surface area contributed by atoms with Crippen molar-refractivity contribution in [1.29, 1.82) is 0 Å². The highest BCUT2D eigenvalue weighted by Gasteiger charge is 2.17. The average Bonchev–Trinajstić information content (AvgIpc) is 2.61. The zero-order valence-corrected chi connectivity index (χ0v) is 18.4. The third kappa shape index (κ3) is 8.61. The quantitative estimate of drug-likeness (QED) is 0.584.